The van der Waals surface area contributed by atoms with Gasteiger partial charge in [-0.2, -0.15) is 0 Å². The first-order valence-electron chi connectivity index (χ1n) is 22.2. The summed E-state index contributed by atoms with van der Waals surface area (Å²) in [5.74, 6) is 0.794. The molecular formula is C45H64ClN7O7. The van der Waals surface area contributed by atoms with Gasteiger partial charge >= 0.3 is 18.1 Å². The summed E-state index contributed by atoms with van der Waals surface area (Å²) in [5, 5.41) is 3.46. The number of amides is 4. The van der Waals surface area contributed by atoms with E-state index >= 15 is 0 Å². The maximum absolute atomic E-state index is 14.3. The molecule has 5 aliphatic heterocycles. The average molecular weight is 851 g/mol. The Morgan fingerprint density at radius 2 is 1.53 bits per heavy atom. The smallest absolute Gasteiger partial charge is 0.410 e. The van der Waals surface area contributed by atoms with Crippen molar-refractivity contribution in [3.8, 4) is 0 Å². The van der Waals surface area contributed by atoms with Crippen LogP contribution in [0.3, 0.4) is 0 Å². The van der Waals surface area contributed by atoms with Crippen LogP contribution in [0.1, 0.15) is 68.1 Å². The molecule has 15 heteroatoms. The number of piperidine rings is 3. The predicted octanol–water partition coefficient (Wildman–Crippen LogP) is 5.44. The number of anilines is 2. The molecular weight excluding hydrogens is 786 g/mol. The molecule has 3 N–H and O–H groups in total. The lowest BCUT2D eigenvalue weighted by atomic mass is 9.78. The van der Waals surface area contributed by atoms with Crippen molar-refractivity contribution < 1.29 is 33.4 Å². The number of rotatable bonds is 13. The summed E-state index contributed by atoms with van der Waals surface area (Å²) >= 11 is 6.46. The van der Waals surface area contributed by atoms with Gasteiger partial charge in [0.25, 0.3) is 5.91 Å². The molecule has 1 atom stereocenters. The number of esters is 1. The van der Waals surface area contributed by atoms with Crippen molar-refractivity contribution in [2.24, 2.45) is 11.8 Å². The number of aryl methyl sites for hydroxylation is 1. The van der Waals surface area contributed by atoms with Crippen molar-refractivity contribution in [2.45, 2.75) is 83.3 Å². The molecule has 60 heavy (non-hydrogen) atoms. The minimum absolute atomic E-state index is 0.000906. The Labute approximate surface area is 359 Å². The van der Waals surface area contributed by atoms with E-state index in [1.54, 1.807) is 11.0 Å². The lowest BCUT2D eigenvalue weighted by Gasteiger charge is -2.41. The van der Waals surface area contributed by atoms with Crippen molar-refractivity contribution in [3.05, 3.63) is 58.1 Å². The van der Waals surface area contributed by atoms with Gasteiger partial charge in [-0.25, -0.2) is 9.59 Å². The number of carbonyl (C=O) groups is 4. The molecule has 328 valence electrons. The number of fused-ring (bicyclic) bond motifs is 1. The molecule has 4 saturated heterocycles. The fourth-order valence-electron chi connectivity index (χ4n) is 9.70. The van der Waals surface area contributed by atoms with Crippen LogP contribution in [-0.4, -0.2) is 152 Å². The molecule has 0 spiro atoms. The third-order valence-corrected chi connectivity index (χ3v) is 13.7. The van der Waals surface area contributed by atoms with E-state index in [2.05, 4.69) is 15.1 Å². The van der Waals surface area contributed by atoms with E-state index in [4.69, 9.17) is 31.5 Å². The van der Waals surface area contributed by atoms with Crippen molar-refractivity contribution in [3.63, 3.8) is 0 Å². The third-order valence-electron chi connectivity index (χ3n) is 13.4. The zero-order chi connectivity index (χ0) is 42.0. The molecule has 5 heterocycles. The highest BCUT2D eigenvalue weighted by Gasteiger charge is 2.37. The van der Waals surface area contributed by atoms with Gasteiger partial charge in [0.15, 0.2) is 6.10 Å². The zero-order valence-electron chi connectivity index (χ0n) is 35.3. The first-order chi connectivity index (χ1) is 29.1. The fourth-order valence-corrected chi connectivity index (χ4v) is 9.98. The molecule has 4 fully saturated rings. The van der Waals surface area contributed by atoms with Crippen molar-refractivity contribution >= 4 is 47.0 Å². The number of para-hydroxylation sites is 1. The largest absolute Gasteiger partial charge is 0.466 e. The Hall–Kier alpha value is -4.11. The summed E-state index contributed by atoms with van der Waals surface area (Å²) in [4.78, 5) is 63.8. The number of morpholine rings is 1. The van der Waals surface area contributed by atoms with Gasteiger partial charge in [-0.05, 0) is 112 Å². The van der Waals surface area contributed by atoms with Gasteiger partial charge in [-0.1, -0.05) is 35.9 Å². The lowest BCUT2D eigenvalue weighted by Crippen LogP contribution is -2.52. The minimum atomic E-state index is -1.01. The van der Waals surface area contributed by atoms with Crippen molar-refractivity contribution in [1.29, 1.82) is 0 Å². The van der Waals surface area contributed by atoms with Crippen LogP contribution in [0.5, 0.6) is 0 Å². The van der Waals surface area contributed by atoms with E-state index in [0.717, 1.165) is 113 Å². The number of ether oxygens (including phenoxy) is 3. The summed E-state index contributed by atoms with van der Waals surface area (Å²) in [5.41, 5.74) is 10.2. The number of hydrogen-bond donors (Lipinski definition) is 2. The minimum Gasteiger partial charge on any atom is -0.466 e. The normalized spacial score (nSPS) is 20.9. The summed E-state index contributed by atoms with van der Waals surface area (Å²) in [7, 11) is 0. The van der Waals surface area contributed by atoms with Gasteiger partial charge in [0, 0.05) is 77.1 Å². The van der Waals surface area contributed by atoms with Gasteiger partial charge in [0.1, 0.15) is 0 Å². The van der Waals surface area contributed by atoms with Crippen LogP contribution in [0.15, 0.2) is 36.4 Å². The molecule has 0 saturated carbocycles. The maximum Gasteiger partial charge on any atom is 0.410 e. The topological polar surface area (TPSA) is 150 Å². The van der Waals surface area contributed by atoms with Crippen LogP contribution in [0, 0.1) is 18.8 Å². The first-order valence-corrected chi connectivity index (χ1v) is 22.6. The van der Waals surface area contributed by atoms with Crippen LogP contribution >= 0.6 is 11.6 Å². The molecule has 2 aromatic carbocycles. The molecule has 0 aromatic heterocycles. The Balaban J connectivity index is 0.866. The van der Waals surface area contributed by atoms with Crippen LogP contribution in [0.4, 0.5) is 21.0 Å². The van der Waals surface area contributed by atoms with E-state index in [0.29, 0.717) is 81.1 Å². The summed E-state index contributed by atoms with van der Waals surface area (Å²) < 4.78 is 17.0. The molecule has 4 amide bonds. The number of nitrogens with one attached hydrogen (secondary N) is 1. The highest BCUT2D eigenvalue weighted by Crippen LogP contribution is 2.34. The van der Waals surface area contributed by atoms with E-state index in [9.17, 15) is 19.2 Å². The van der Waals surface area contributed by atoms with E-state index < -0.39 is 12.2 Å². The number of nitrogens with zero attached hydrogens (tertiary/aromatic N) is 5. The van der Waals surface area contributed by atoms with E-state index in [-0.39, 0.29) is 30.4 Å². The van der Waals surface area contributed by atoms with Crippen molar-refractivity contribution in [2.75, 3.05) is 103 Å². The second-order valence-electron chi connectivity index (χ2n) is 17.3. The number of benzene rings is 2. The third kappa shape index (κ3) is 11.6. The molecule has 0 radical (unpaired) electrons. The highest BCUT2D eigenvalue weighted by molar-refractivity contribution is 6.33. The number of carbonyl (C=O) groups excluding carboxylic acids is 4. The van der Waals surface area contributed by atoms with Crippen LogP contribution in [-0.2, 0) is 36.6 Å². The van der Waals surface area contributed by atoms with Gasteiger partial charge in [-0.3, -0.25) is 14.5 Å². The Morgan fingerprint density at radius 3 is 2.25 bits per heavy atom. The van der Waals surface area contributed by atoms with Crippen LogP contribution in [0.25, 0.3) is 0 Å². The second-order valence-corrected chi connectivity index (χ2v) is 17.7. The molecule has 0 bridgehead atoms. The Morgan fingerprint density at radius 1 is 0.867 bits per heavy atom. The summed E-state index contributed by atoms with van der Waals surface area (Å²) in [6.45, 7) is 12.1. The van der Waals surface area contributed by atoms with Gasteiger partial charge in [0.05, 0.1) is 37.0 Å². The summed E-state index contributed by atoms with van der Waals surface area (Å²) in [6.07, 6.45) is 5.92. The molecule has 0 unspecified atom stereocenters. The molecule has 7 rings (SSSR count). The average Bonchev–Trinajstić information content (AvgIpc) is 3.44. The quantitative estimate of drug-likeness (QED) is 0.152. The number of urea groups is 1. The number of halogens is 1. The SMILES string of the molecule is Cc1cc(C[C@@H](OC(=O)N2CCC(N3CCc4ccccc4NC3=O)CC2)C(=O)N2CCC(C3CCN(CCC(=O)OCCCN4CCOCC4)CC3)CC2)cc(Cl)c1N. The Bertz CT molecular complexity index is 1760. The van der Waals surface area contributed by atoms with Gasteiger partial charge in [0.2, 0.25) is 0 Å². The lowest BCUT2D eigenvalue weighted by molar-refractivity contribution is -0.144. The maximum atomic E-state index is 14.3. The number of nitrogens with two attached hydrogens (primary N) is 1. The fraction of sp³-hybridized carbons (Fsp3) is 0.644. The summed E-state index contributed by atoms with van der Waals surface area (Å²) in [6, 6.07) is 11.4. The standard InChI is InChI=1S/C45H64ClN7O7/c1-32-29-33(30-38(46)42(32)47)31-40(60-45(57)52-21-12-37(13-22-52)53-23-11-36-5-2-3-6-39(36)48-44(53)56)43(55)51-19-9-35(10-20-51)34-7-16-50(17-8-34)18-14-41(54)59-26-4-15-49-24-27-58-28-25-49/h2-3,5-6,29-30,34-35,37,40H,4,7-28,31,47H2,1H3,(H,48,56)/t40-/m1/s1. The van der Waals surface area contributed by atoms with E-state index in [1.807, 2.05) is 47.1 Å². The van der Waals surface area contributed by atoms with E-state index in [1.165, 1.54) is 0 Å². The van der Waals surface area contributed by atoms with Crippen LogP contribution < -0.4 is 11.1 Å². The predicted molar refractivity (Wildman–Crippen MR) is 231 cm³/mol. The van der Waals surface area contributed by atoms with Gasteiger partial charge < -0.3 is 44.9 Å². The zero-order valence-corrected chi connectivity index (χ0v) is 36.0. The molecule has 2 aromatic rings. The van der Waals surface area contributed by atoms with Gasteiger partial charge in [-0.15, -0.1) is 0 Å². The second kappa shape index (κ2) is 21.1. The number of nitrogen functional groups attached to an aromatic ring is 1. The monoisotopic (exact) mass is 849 g/mol. The van der Waals surface area contributed by atoms with Crippen molar-refractivity contribution in [1.82, 2.24) is 24.5 Å². The molecule has 14 nitrogen and oxygen atoms in total. The van der Waals surface area contributed by atoms with Crippen LogP contribution in [0.2, 0.25) is 5.02 Å². The number of hydrogen-bond acceptors (Lipinski definition) is 10. The number of likely N-dealkylation sites (tertiary alicyclic amines) is 3. The Kier molecular flexibility index (Phi) is 15.5. The highest BCUT2D eigenvalue weighted by atomic mass is 35.5. The molecule has 0 aliphatic carbocycles. The molecule has 5 aliphatic rings. The first kappa shape index (κ1) is 44.0.